The minimum Gasteiger partial charge on any atom is -0.416 e. The van der Waals surface area contributed by atoms with Crippen LogP contribution in [0.15, 0.2) is 112 Å². The predicted molar refractivity (Wildman–Crippen MR) is 178 cm³/mol. The molecular formula is C39H30N4O2. The summed E-state index contributed by atoms with van der Waals surface area (Å²) in [7, 11) is 0. The maximum absolute atomic E-state index is 6.27. The van der Waals surface area contributed by atoms with Gasteiger partial charge in [0, 0.05) is 22.3 Å². The summed E-state index contributed by atoms with van der Waals surface area (Å²) in [5, 5.41) is 19.9. The molecule has 2 aromatic heterocycles. The second-order valence-electron chi connectivity index (χ2n) is 11.8. The molecule has 0 saturated heterocycles. The first-order valence-electron chi connectivity index (χ1n) is 15.2. The predicted octanol–water partition coefficient (Wildman–Crippen LogP) is 10.1. The fourth-order valence-corrected chi connectivity index (χ4v) is 6.44. The van der Waals surface area contributed by atoms with Crippen LogP contribution in [0.4, 0.5) is 0 Å². The van der Waals surface area contributed by atoms with Gasteiger partial charge in [0.2, 0.25) is 23.6 Å². The lowest BCUT2D eigenvalue weighted by Crippen LogP contribution is -2.02. The largest absolute Gasteiger partial charge is 0.416 e. The third-order valence-electron chi connectivity index (χ3n) is 8.77. The number of fused-ring (bicyclic) bond motifs is 2. The van der Waals surface area contributed by atoms with Gasteiger partial charge in [-0.25, -0.2) is 0 Å². The van der Waals surface area contributed by atoms with Gasteiger partial charge in [-0.05, 0) is 94.6 Å². The van der Waals surface area contributed by atoms with Gasteiger partial charge in [-0.15, -0.1) is 20.4 Å². The van der Waals surface area contributed by atoms with E-state index in [4.69, 9.17) is 8.83 Å². The molecule has 0 N–H and O–H groups in total. The van der Waals surface area contributed by atoms with Crippen LogP contribution in [-0.4, -0.2) is 20.4 Å². The minimum atomic E-state index is 0.401. The van der Waals surface area contributed by atoms with Crippen LogP contribution < -0.4 is 0 Å². The second kappa shape index (κ2) is 10.8. The summed E-state index contributed by atoms with van der Waals surface area (Å²) in [4.78, 5) is 0. The third kappa shape index (κ3) is 4.75. The number of hydrogen-bond acceptors (Lipinski definition) is 6. The Morgan fingerprint density at radius 3 is 1.80 bits per heavy atom. The first-order valence-corrected chi connectivity index (χ1v) is 15.2. The summed E-state index contributed by atoms with van der Waals surface area (Å²) in [6.07, 6.45) is 5.41. The van der Waals surface area contributed by atoms with Crippen molar-refractivity contribution in [2.24, 2.45) is 0 Å². The maximum Gasteiger partial charge on any atom is 0.248 e. The molecule has 218 valence electrons. The molecule has 6 heteroatoms. The average Bonchev–Trinajstić information content (AvgIpc) is 3.75. The van der Waals surface area contributed by atoms with Crippen molar-refractivity contribution in [3.8, 4) is 56.9 Å². The summed E-state index contributed by atoms with van der Waals surface area (Å²) in [5.74, 6) is 2.50. The summed E-state index contributed by atoms with van der Waals surface area (Å²) < 4.78 is 12.5. The lowest BCUT2D eigenvalue weighted by molar-refractivity contribution is 0.582. The van der Waals surface area contributed by atoms with E-state index in [0.29, 0.717) is 29.5 Å². The van der Waals surface area contributed by atoms with Gasteiger partial charge in [0.1, 0.15) is 0 Å². The van der Waals surface area contributed by atoms with Gasteiger partial charge in [-0.2, -0.15) is 0 Å². The molecule has 0 spiro atoms. The van der Waals surface area contributed by atoms with Gasteiger partial charge in [0.05, 0.1) is 0 Å². The van der Waals surface area contributed by atoms with Gasteiger partial charge in [-0.1, -0.05) is 91.9 Å². The molecule has 0 bridgehead atoms. The van der Waals surface area contributed by atoms with Crippen LogP contribution in [0.1, 0.15) is 41.5 Å². The van der Waals surface area contributed by atoms with Crippen molar-refractivity contribution in [3.05, 3.63) is 125 Å². The van der Waals surface area contributed by atoms with E-state index in [0.717, 1.165) is 61.7 Å². The first-order chi connectivity index (χ1) is 22.0. The Bertz CT molecular complexity index is 2250. The molecule has 1 atom stereocenters. The Hall–Kier alpha value is -5.62. The van der Waals surface area contributed by atoms with Gasteiger partial charge in [-0.3, -0.25) is 0 Å². The van der Waals surface area contributed by atoms with Crippen LogP contribution in [0.3, 0.4) is 0 Å². The number of allylic oxidation sites excluding steroid dienone is 1. The van der Waals surface area contributed by atoms with Crippen LogP contribution in [0.2, 0.25) is 0 Å². The number of benzene rings is 5. The van der Waals surface area contributed by atoms with Crippen molar-refractivity contribution in [2.45, 2.75) is 33.1 Å². The highest BCUT2D eigenvalue weighted by atomic mass is 16.4. The lowest BCUT2D eigenvalue weighted by Gasteiger charge is -2.20. The topological polar surface area (TPSA) is 77.8 Å². The van der Waals surface area contributed by atoms with Gasteiger partial charge < -0.3 is 8.83 Å². The average molecular weight is 587 g/mol. The van der Waals surface area contributed by atoms with Gasteiger partial charge in [0.25, 0.3) is 0 Å². The van der Waals surface area contributed by atoms with Crippen molar-refractivity contribution in [2.75, 3.05) is 0 Å². The lowest BCUT2D eigenvalue weighted by atomic mass is 9.85. The van der Waals surface area contributed by atoms with Crippen molar-refractivity contribution in [3.63, 3.8) is 0 Å². The van der Waals surface area contributed by atoms with E-state index in [1.165, 1.54) is 11.1 Å². The van der Waals surface area contributed by atoms with Gasteiger partial charge in [0.15, 0.2) is 0 Å². The van der Waals surface area contributed by atoms with Crippen LogP contribution in [-0.2, 0) is 0 Å². The van der Waals surface area contributed by atoms with Crippen LogP contribution in [0, 0.1) is 13.8 Å². The number of aryl methyl sites for hydroxylation is 2. The molecule has 45 heavy (non-hydrogen) atoms. The number of nitrogens with zero attached hydrogens (tertiary/aromatic N) is 4. The Labute approximate surface area is 261 Å². The number of hydrogen-bond donors (Lipinski definition) is 0. The summed E-state index contributed by atoms with van der Waals surface area (Å²) in [6, 6.07) is 33.2. The molecule has 1 aliphatic carbocycles. The molecule has 1 aliphatic rings. The summed E-state index contributed by atoms with van der Waals surface area (Å²) in [5.41, 5.74) is 10.6. The maximum atomic E-state index is 6.27. The van der Waals surface area contributed by atoms with Crippen molar-refractivity contribution < 1.29 is 8.83 Å². The summed E-state index contributed by atoms with van der Waals surface area (Å²) >= 11 is 0. The quantitative estimate of drug-likeness (QED) is 0.200. The zero-order valence-electron chi connectivity index (χ0n) is 25.3. The van der Waals surface area contributed by atoms with Crippen LogP contribution in [0.5, 0.6) is 0 Å². The molecule has 8 rings (SSSR count). The van der Waals surface area contributed by atoms with Crippen LogP contribution >= 0.6 is 0 Å². The monoisotopic (exact) mass is 586 g/mol. The Morgan fingerprint density at radius 2 is 1.13 bits per heavy atom. The smallest absolute Gasteiger partial charge is 0.248 e. The highest BCUT2D eigenvalue weighted by molar-refractivity contribution is 5.94. The standard InChI is InChI=1S/C39H30N4O2/c1-23-9-6-12-27-13-8-16-34(35(23)27)39-43-41-37(45-39)31-20-18-29(22-25(31)3)28-17-19-30(24(2)21-28)36-40-42-38(44-36)33-15-7-11-26-10-4-5-14-32(26)33/h4-8,10-23H,9H2,1-3H3. The Morgan fingerprint density at radius 1 is 0.578 bits per heavy atom. The van der Waals surface area contributed by atoms with Crippen molar-refractivity contribution >= 4 is 16.8 Å². The fraction of sp³-hybridized carbons (Fsp3) is 0.128. The normalized spacial score (nSPS) is 14.2. The van der Waals surface area contributed by atoms with E-state index in [2.05, 4.69) is 126 Å². The van der Waals surface area contributed by atoms with Crippen molar-refractivity contribution in [1.29, 1.82) is 0 Å². The zero-order chi connectivity index (χ0) is 30.5. The third-order valence-corrected chi connectivity index (χ3v) is 8.77. The molecule has 1 unspecified atom stereocenters. The molecule has 7 aromatic rings. The fourth-order valence-electron chi connectivity index (χ4n) is 6.44. The van der Waals surface area contributed by atoms with E-state index in [-0.39, 0.29) is 0 Å². The molecule has 0 saturated carbocycles. The SMILES string of the molecule is Cc1cc(-c2ccc(-c3nnc(-c4cccc5ccccc45)o3)c(C)c2)ccc1-c1nnc(-c2cccc3c2C(C)CC=C3)o1. The van der Waals surface area contributed by atoms with Gasteiger partial charge >= 0.3 is 0 Å². The first kappa shape index (κ1) is 27.0. The number of aromatic nitrogens is 4. The molecule has 6 nitrogen and oxygen atoms in total. The van der Waals surface area contributed by atoms with E-state index < -0.39 is 0 Å². The number of rotatable bonds is 5. The van der Waals surface area contributed by atoms with E-state index in [1.807, 2.05) is 24.3 Å². The molecule has 0 amide bonds. The molecule has 0 fully saturated rings. The minimum absolute atomic E-state index is 0.401. The second-order valence-corrected chi connectivity index (χ2v) is 11.8. The highest BCUT2D eigenvalue weighted by Gasteiger charge is 2.22. The molecule has 2 heterocycles. The summed E-state index contributed by atoms with van der Waals surface area (Å²) in [6.45, 7) is 6.39. The highest BCUT2D eigenvalue weighted by Crippen LogP contribution is 2.38. The Balaban J connectivity index is 1.07. The molecule has 0 aliphatic heterocycles. The van der Waals surface area contributed by atoms with Crippen molar-refractivity contribution in [1.82, 2.24) is 20.4 Å². The zero-order valence-corrected chi connectivity index (χ0v) is 25.3. The van der Waals surface area contributed by atoms with E-state index in [1.54, 1.807) is 0 Å². The molecule has 5 aromatic carbocycles. The van der Waals surface area contributed by atoms with E-state index >= 15 is 0 Å². The van der Waals surface area contributed by atoms with Crippen LogP contribution in [0.25, 0.3) is 73.8 Å². The molecular weight excluding hydrogens is 556 g/mol. The molecule has 0 radical (unpaired) electrons. The van der Waals surface area contributed by atoms with E-state index in [9.17, 15) is 0 Å². The Kier molecular flexibility index (Phi) is 6.49.